The second-order valence-corrected chi connectivity index (χ2v) is 7.32. The second-order valence-electron chi connectivity index (χ2n) is 6.44. The number of rotatable bonds is 6. The minimum absolute atomic E-state index is 0.182. The average Bonchev–Trinajstić information content (AvgIpc) is 2.69. The molecule has 3 rings (SSSR count). The molecule has 7 heteroatoms. The smallest absolute Gasteiger partial charge is 0.236 e. The average molecular weight is 372 g/mol. The Hall–Kier alpha value is -2.12. The van der Waals surface area contributed by atoms with Crippen molar-refractivity contribution in [2.45, 2.75) is 11.4 Å². The molecule has 0 bridgehead atoms. The molecular weight excluding hydrogens is 346 g/mol. The van der Waals surface area contributed by atoms with Crippen LogP contribution in [0.4, 0.5) is 5.95 Å². The molecule has 1 aromatic heterocycles. The summed E-state index contributed by atoms with van der Waals surface area (Å²) in [5.41, 5.74) is 1.23. The first-order chi connectivity index (χ1) is 12.7. The molecule has 0 atom stereocenters. The van der Waals surface area contributed by atoms with Gasteiger partial charge in [-0.1, -0.05) is 12.1 Å². The summed E-state index contributed by atoms with van der Waals surface area (Å²) in [5, 5.41) is 0. The molecule has 1 amide bonds. The summed E-state index contributed by atoms with van der Waals surface area (Å²) in [7, 11) is 1.99. The van der Waals surface area contributed by atoms with Crippen LogP contribution in [0.3, 0.4) is 0 Å². The number of benzene rings is 1. The van der Waals surface area contributed by atoms with E-state index in [1.807, 2.05) is 18.0 Å². The molecule has 0 spiro atoms. The lowest BCUT2D eigenvalue weighted by molar-refractivity contribution is -0.132. The van der Waals surface area contributed by atoms with Crippen LogP contribution in [0.25, 0.3) is 0 Å². The van der Waals surface area contributed by atoms with Gasteiger partial charge in [0.05, 0.1) is 6.54 Å². The van der Waals surface area contributed by atoms with Crippen LogP contribution in [0.15, 0.2) is 47.6 Å². The van der Waals surface area contributed by atoms with E-state index in [1.54, 1.807) is 24.2 Å². The van der Waals surface area contributed by atoms with Gasteiger partial charge < -0.3 is 9.80 Å². The van der Waals surface area contributed by atoms with E-state index in [9.17, 15) is 4.79 Å². The zero-order valence-electron chi connectivity index (χ0n) is 15.3. The third kappa shape index (κ3) is 4.95. The Kier molecular flexibility index (Phi) is 6.46. The molecule has 0 unspecified atom stereocenters. The maximum Gasteiger partial charge on any atom is 0.236 e. The molecule has 1 aromatic carbocycles. The number of anilines is 1. The van der Waals surface area contributed by atoms with E-state index >= 15 is 0 Å². The molecule has 1 saturated heterocycles. The second kappa shape index (κ2) is 9.00. The Morgan fingerprint density at radius 2 is 1.77 bits per heavy atom. The Bertz CT molecular complexity index is 702. The third-order valence-corrected chi connectivity index (χ3v) is 5.23. The van der Waals surface area contributed by atoms with Crippen molar-refractivity contribution in [1.29, 1.82) is 0 Å². The van der Waals surface area contributed by atoms with Gasteiger partial charge in [-0.15, -0.1) is 11.8 Å². The fraction of sp³-hybridized carbons (Fsp3) is 0.421. The molecule has 2 aromatic rings. The topological polar surface area (TPSA) is 52.6 Å². The summed E-state index contributed by atoms with van der Waals surface area (Å²) in [5.74, 6) is 0.923. The fourth-order valence-electron chi connectivity index (χ4n) is 3.04. The zero-order valence-corrected chi connectivity index (χ0v) is 16.2. The molecule has 0 aliphatic carbocycles. The predicted octanol–water partition coefficient (Wildman–Crippen LogP) is 1.98. The van der Waals surface area contributed by atoms with Crippen LogP contribution in [0.1, 0.15) is 5.56 Å². The molecule has 6 nitrogen and oxygen atoms in total. The van der Waals surface area contributed by atoms with Gasteiger partial charge in [0.1, 0.15) is 0 Å². The fourth-order valence-corrected chi connectivity index (χ4v) is 3.45. The van der Waals surface area contributed by atoms with Crippen LogP contribution >= 0.6 is 11.8 Å². The Labute approximate surface area is 159 Å². The van der Waals surface area contributed by atoms with Crippen molar-refractivity contribution in [1.82, 2.24) is 19.8 Å². The molecule has 2 heterocycles. The van der Waals surface area contributed by atoms with Crippen LogP contribution in [0.5, 0.6) is 0 Å². The predicted molar refractivity (Wildman–Crippen MR) is 105 cm³/mol. The molecule has 0 N–H and O–H groups in total. The molecule has 138 valence electrons. The van der Waals surface area contributed by atoms with Gasteiger partial charge in [-0.05, 0) is 37.1 Å². The van der Waals surface area contributed by atoms with Gasteiger partial charge in [-0.2, -0.15) is 0 Å². The number of piperazine rings is 1. The van der Waals surface area contributed by atoms with Crippen LogP contribution in [0, 0.1) is 0 Å². The summed E-state index contributed by atoms with van der Waals surface area (Å²) >= 11 is 1.74. The number of carbonyl (C=O) groups is 1. The normalized spacial score (nSPS) is 14.7. The van der Waals surface area contributed by atoms with E-state index in [0.29, 0.717) is 19.6 Å². The van der Waals surface area contributed by atoms with Crippen LogP contribution < -0.4 is 4.90 Å². The highest BCUT2D eigenvalue weighted by atomic mass is 32.2. The van der Waals surface area contributed by atoms with Crippen LogP contribution in [-0.4, -0.2) is 71.7 Å². The third-order valence-electron chi connectivity index (χ3n) is 4.48. The van der Waals surface area contributed by atoms with Crippen LogP contribution in [0.2, 0.25) is 0 Å². The first-order valence-electron chi connectivity index (χ1n) is 8.77. The number of likely N-dealkylation sites (N-methyl/N-ethyl adjacent to an activating group) is 1. The highest BCUT2D eigenvalue weighted by molar-refractivity contribution is 7.98. The van der Waals surface area contributed by atoms with Crippen molar-refractivity contribution in [3.05, 3.63) is 48.3 Å². The minimum atomic E-state index is 0.182. The Balaban J connectivity index is 1.46. The summed E-state index contributed by atoms with van der Waals surface area (Å²) in [6, 6.07) is 10.3. The molecule has 26 heavy (non-hydrogen) atoms. The first kappa shape index (κ1) is 18.7. The van der Waals surface area contributed by atoms with Crippen molar-refractivity contribution in [2.75, 3.05) is 50.9 Å². The molecule has 0 radical (unpaired) electrons. The van der Waals surface area contributed by atoms with E-state index < -0.39 is 0 Å². The number of aromatic nitrogens is 2. The van der Waals surface area contributed by atoms with Gasteiger partial charge in [0, 0.05) is 50.0 Å². The molecule has 1 aliphatic rings. The highest BCUT2D eigenvalue weighted by Gasteiger charge is 2.23. The van der Waals surface area contributed by atoms with Crippen molar-refractivity contribution in [3.63, 3.8) is 0 Å². The van der Waals surface area contributed by atoms with Gasteiger partial charge >= 0.3 is 0 Å². The molecule has 0 saturated carbocycles. The molecule has 1 fully saturated rings. The van der Waals surface area contributed by atoms with Gasteiger partial charge in [0.15, 0.2) is 0 Å². The largest absolute Gasteiger partial charge is 0.338 e. The number of thioether (sulfide) groups is 1. The number of carbonyl (C=O) groups excluding carboxylic acids is 1. The van der Waals surface area contributed by atoms with E-state index in [2.05, 4.69) is 50.3 Å². The van der Waals surface area contributed by atoms with Gasteiger partial charge in [0.2, 0.25) is 11.9 Å². The van der Waals surface area contributed by atoms with Crippen molar-refractivity contribution in [2.24, 2.45) is 0 Å². The Morgan fingerprint density at radius 1 is 1.12 bits per heavy atom. The maximum atomic E-state index is 12.6. The van der Waals surface area contributed by atoms with E-state index in [1.165, 1.54) is 10.5 Å². The number of hydrogen-bond acceptors (Lipinski definition) is 6. The van der Waals surface area contributed by atoms with Crippen molar-refractivity contribution in [3.8, 4) is 0 Å². The number of hydrogen-bond donors (Lipinski definition) is 0. The lowest BCUT2D eigenvalue weighted by Crippen LogP contribution is -2.51. The summed E-state index contributed by atoms with van der Waals surface area (Å²) < 4.78 is 0. The summed E-state index contributed by atoms with van der Waals surface area (Å²) in [4.78, 5) is 28.5. The minimum Gasteiger partial charge on any atom is -0.338 e. The first-order valence-corrected chi connectivity index (χ1v) is 9.99. The van der Waals surface area contributed by atoms with E-state index in [0.717, 1.165) is 25.6 Å². The number of nitrogens with zero attached hydrogens (tertiary/aromatic N) is 5. The maximum absolute atomic E-state index is 12.6. The highest BCUT2D eigenvalue weighted by Crippen LogP contribution is 2.16. The molecular formula is C19H25N5OS. The lowest BCUT2D eigenvalue weighted by Gasteiger charge is -2.35. The van der Waals surface area contributed by atoms with Crippen LogP contribution in [-0.2, 0) is 11.3 Å². The quantitative estimate of drug-likeness (QED) is 0.724. The zero-order chi connectivity index (χ0) is 18.4. The van der Waals surface area contributed by atoms with Crippen molar-refractivity contribution < 1.29 is 4.79 Å². The van der Waals surface area contributed by atoms with Gasteiger partial charge in [0.25, 0.3) is 0 Å². The van der Waals surface area contributed by atoms with E-state index in [-0.39, 0.29) is 5.91 Å². The number of amides is 1. The summed E-state index contributed by atoms with van der Waals surface area (Å²) in [6.45, 7) is 4.19. The monoisotopic (exact) mass is 371 g/mol. The Morgan fingerprint density at radius 3 is 2.38 bits per heavy atom. The SMILES string of the molecule is CSc1ccc(CN(C)CC(=O)N2CCN(c3ncccn3)CC2)cc1. The molecule has 1 aliphatic heterocycles. The van der Waals surface area contributed by atoms with Crippen molar-refractivity contribution >= 4 is 23.6 Å². The van der Waals surface area contributed by atoms with Gasteiger partial charge in [-0.25, -0.2) is 9.97 Å². The summed E-state index contributed by atoms with van der Waals surface area (Å²) in [6.07, 6.45) is 5.57. The lowest BCUT2D eigenvalue weighted by atomic mass is 10.2. The standard InChI is InChI=1S/C19H25N5OS/c1-22(14-16-4-6-17(26-2)7-5-16)15-18(25)23-10-12-24(13-11-23)19-20-8-3-9-21-19/h3-9H,10-15H2,1-2H3. The van der Waals surface area contributed by atoms with Gasteiger partial charge in [-0.3, -0.25) is 9.69 Å². The van der Waals surface area contributed by atoms with E-state index in [4.69, 9.17) is 0 Å².